The van der Waals surface area contributed by atoms with E-state index < -0.39 is 0 Å². The number of nitrogens with one attached hydrogen (secondary N) is 1. The number of nitrogens with zero attached hydrogens (tertiary/aromatic N) is 3. The van der Waals surface area contributed by atoms with Crippen molar-refractivity contribution in [1.82, 2.24) is 10.3 Å². The number of aromatic nitrogens is 1. The van der Waals surface area contributed by atoms with E-state index in [2.05, 4.69) is 21.4 Å². The zero-order valence-corrected chi connectivity index (χ0v) is 18.9. The van der Waals surface area contributed by atoms with Crippen molar-refractivity contribution in [3.05, 3.63) is 58.1 Å². The highest BCUT2D eigenvalue weighted by molar-refractivity contribution is 7.18. The molecule has 0 aliphatic rings. The second kappa shape index (κ2) is 11.3. The van der Waals surface area contributed by atoms with E-state index >= 15 is 0 Å². The molecular weight excluding hydrogens is 418 g/mol. The fraction of sp³-hybridized carbons (Fsp3) is 0.227. The monoisotopic (exact) mass is 441 g/mol. The van der Waals surface area contributed by atoms with Crippen LogP contribution in [0.4, 0.5) is 0 Å². The molecule has 0 saturated carbocycles. The van der Waals surface area contributed by atoms with E-state index in [1.807, 2.05) is 44.3 Å². The van der Waals surface area contributed by atoms with Crippen molar-refractivity contribution in [1.29, 1.82) is 5.26 Å². The Labute approximate surface area is 186 Å². The number of rotatable bonds is 6. The number of thiophene rings is 1. The number of nitrogens with two attached hydrogens (primary N) is 1. The van der Waals surface area contributed by atoms with Gasteiger partial charge in [0.25, 0.3) is 0 Å². The molecule has 0 bridgehead atoms. The number of hydrogen-bond acceptors (Lipinski definition) is 6. The molecule has 0 radical (unpaired) electrons. The quantitative estimate of drug-likeness (QED) is 0.420. The molecule has 0 saturated heterocycles. The van der Waals surface area contributed by atoms with Crippen molar-refractivity contribution in [3.63, 3.8) is 0 Å². The average molecular weight is 442 g/mol. The van der Waals surface area contributed by atoms with Crippen molar-refractivity contribution in [2.45, 2.75) is 13.8 Å². The van der Waals surface area contributed by atoms with Gasteiger partial charge < -0.3 is 15.8 Å². The number of ether oxygens (including phenoxy) is 1. The molecule has 30 heavy (non-hydrogen) atoms. The summed E-state index contributed by atoms with van der Waals surface area (Å²) in [7, 11) is 3.45. The van der Waals surface area contributed by atoms with Crippen LogP contribution < -0.4 is 15.8 Å². The molecule has 1 aromatic carbocycles. The van der Waals surface area contributed by atoms with Crippen molar-refractivity contribution >= 4 is 28.8 Å². The van der Waals surface area contributed by atoms with Crippen LogP contribution in [0.5, 0.6) is 5.88 Å². The van der Waals surface area contributed by atoms with Crippen LogP contribution in [0.1, 0.15) is 17.4 Å². The first kappa shape index (κ1) is 23.4. The van der Waals surface area contributed by atoms with E-state index in [9.17, 15) is 0 Å². The predicted molar refractivity (Wildman–Crippen MR) is 125 cm³/mol. The number of hydrogen-bond donors (Lipinski definition) is 2. The van der Waals surface area contributed by atoms with Crippen LogP contribution in [0.25, 0.3) is 21.6 Å². The lowest BCUT2D eigenvalue weighted by Gasteiger charge is -2.08. The van der Waals surface area contributed by atoms with E-state index in [4.69, 9.17) is 27.3 Å². The Morgan fingerprint density at radius 3 is 2.67 bits per heavy atom. The highest BCUT2D eigenvalue weighted by Gasteiger charge is 2.17. The van der Waals surface area contributed by atoms with Crippen LogP contribution in [0.2, 0.25) is 5.02 Å². The first-order chi connectivity index (χ1) is 14.4. The number of halogens is 1. The van der Waals surface area contributed by atoms with Crippen LogP contribution in [-0.2, 0) is 0 Å². The first-order valence-corrected chi connectivity index (χ1v) is 10.3. The lowest BCUT2D eigenvalue weighted by atomic mass is 10.00. The molecule has 0 amide bonds. The summed E-state index contributed by atoms with van der Waals surface area (Å²) in [6, 6.07) is 13.6. The normalized spacial score (nSPS) is 10.7. The minimum atomic E-state index is 0.460. The molecule has 0 aliphatic heterocycles. The number of aliphatic imine (C=N–C) groups is 1. The topological polar surface area (TPSA) is 96.3 Å². The molecular formula is C22H24ClN5OS. The van der Waals surface area contributed by atoms with E-state index in [1.54, 1.807) is 30.7 Å². The van der Waals surface area contributed by atoms with Crippen molar-refractivity contribution in [2.75, 3.05) is 20.8 Å². The van der Waals surface area contributed by atoms with Crippen LogP contribution in [0.15, 0.2) is 47.6 Å². The van der Waals surface area contributed by atoms with Gasteiger partial charge in [-0.05, 0) is 54.9 Å². The van der Waals surface area contributed by atoms with Gasteiger partial charge >= 0.3 is 0 Å². The maximum Gasteiger partial charge on any atom is 0.213 e. The predicted octanol–water partition coefficient (Wildman–Crippen LogP) is 4.86. The molecule has 0 fully saturated rings. The second-order valence-corrected chi connectivity index (χ2v) is 7.67. The third-order valence-corrected chi connectivity index (χ3v) is 5.52. The highest BCUT2D eigenvalue weighted by atomic mass is 35.5. The molecule has 3 N–H and O–H groups in total. The zero-order chi connectivity index (χ0) is 22.1. The fourth-order valence-electron chi connectivity index (χ4n) is 2.76. The van der Waals surface area contributed by atoms with Crippen LogP contribution in [0.3, 0.4) is 0 Å². The van der Waals surface area contributed by atoms with Gasteiger partial charge in [-0.1, -0.05) is 17.7 Å². The Morgan fingerprint density at radius 2 is 2.03 bits per heavy atom. The molecule has 3 aromatic rings. The van der Waals surface area contributed by atoms with E-state index in [-0.39, 0.29) is 0 Å². The number of benzene rings is 1. The third kappa shape index (κ3) is 5.80. The standard InChI is InChI=1S/C20H21ClN4OS.C2H3N/c1-12-8-14(21)4-5-15(12)16-10-17(13-6-7-24-18(9-13)26-3)27-19(16)20(22)25-11-23-2;1-2-3/h4-10,23H,11H2,1-3H3,(H2,22,25);1H3. The summed E-state index contributed by atoms with van der Waals surface area (Å²) in [5.41, 5.74) is 10.5. The van der Waals surface area contributed by atoms with Gasteiger partial charge in [-0.2, -0.15) is 5.26 Å². The zero-order valence-electron chi connectivity index (χ0n) is 17.4. The number of aryl methyl sites for hydroxylation is 1. The summed E-state index contributed by atoms with van der Waals surface area (Å²) in [6.07, 6.45) is 1.74. The molecule has 0 unspecified atom stereocenters. The van der Waals surface area contributed by atoms with E-state index in [0.29, 0.717) is 23.4 Å². The molecule has 0 spiro atoms. The van der Waals surface area contributed by atoms with Gasteiger partial charge in [0.2, 0.25) is 5.88 Å². The van der Waals surface area contributed by atoms with E-state index in [1.165, 1.54) is 6.92 Å². The Bertz CT molecular complexity index is 1070. The van der Waals surface area contributed by atoms with Gasteiger partial charge in [-0.15, -0.1) is 11.3 Å². The average Bonchev–Trinajstić information content (AvgIpc) is 3.18. The van der Waals surface area contributed by atoms with E-state index in [0.717, 1.165) is 32.0 Å². The molecule has 2 heterocycles. The maximum absolute atomic E-state index is 7.32. The highest BCUT2D eigenvalue weighted by Crippen LogP contribution is 2.39. The SMILES string of the molecule is CC#N.CNC/N=C(\N)c1sc(-c2ccnc(OC)c2)cc1-c1ccc(Cl)cc1C. The van der Waals surface area contributed by atoms with Gasteiger partial charge in [0, 0.05) is 34.7 Å². The summed E-state index contributed by atoms with van der Waals surface area (Å²) in [5.74, 6) is 1.08. The minimum absolute atomic E-state index is 0.460. The van der Waals surface area contributed by atoms with Crippen molar-refractivity contribution in [2.24, 2.45) is 10.7 Å². The number of amidine groups is 1. The number of methoxy groups -OCH3 is 1. The fourth-order valence-corrected chi connectivity index (χ4v) is 4.08. The Hall–Kier alpha value is -2.92. The van der Waals surface area contributed by atoms with Gasteiger partial charge in [0.05, 0.1) is 24.7 Å². The molecule has 0 atom stereocenters. The second-order valence-electron chi connectivity index (χ2n) is 6.18. The summed E-state index contributed by atoms with van der Waals surface area (Å²) in [4.78, 5) is 10.6. The number of nitriles is 1. The smallest absolute Gasteiger partial charge is 0.213 e. The summed E-state index contributed by atoms with van der Waals surface area (Å²) in [5, 5.41) is 11.0. The third-order valence-electron chi connectivity index (χ3n) is 4.08. The molecule has 156 valence electrons. The summed E-state index contributed by atoms with van der Waals surface area (Å²) < 4.78 is 5.25. The molecule has 0 aliphatic carbocycles. The van der Waals surface area contributed by atoms with Gasteiger partial charge in [-0.25, -0.2) is 4.98 Å². The van der Waals surface area contributed by atoms with Crippen LogP contribution >= 0.6 is 22.9 Å². The van der Waals surface area contributed by atoms with Crippen molar-refractivity contribution in [3.8, 4) is 33.5 Å². The van der Waals surface area contributed by atoms with Gasteiger partial charge in [0.15, 0.2) is 0 Å². The molecule has 3 rings (SSSR count). The maximum atomic E-state index is 7.32. The van der Waals surface area contributed by atoms with Gasteiger partial charge in [-0.3, -0.25) is 4.99 Å². The molecule has 8 heteroatoms. The van der Waals surface area contributed by atoms with Crippen LogP contribution in [-0.4, -0.2) is 31.6 Å². The van der Waals surface area contributed by atoms with Gasteiger partial charge in [0.1, 0.15) is 5.84 Å². The lowest BCUT2D eigenvalue weighted by Crippen LogP contribution is -2.17. The lowest BCUT2D eigenvalue weighted by molar-refractivity contribution is 0.398. The largest absolute Gasteiger partial charge is 0.481 e. The van der Waals surface area contributed by atoms with Crippen LogP contribution in [0, 0.1) is 18.3 Å². The first-order valence-electron chi connectivity index (χ1n) is 9.11. The minimum Gasteiger partial charge on any atom is -0.481 e. The Morgan fingerprint density at radius 1 is 1.30 bits per heavy atom. The summed E-state index contributed by atoms with van der Waals surface area (Å²) in [6.45, 7) is 3.93. The molecule has 2 aromatic heterocycles. The Balaban J connectivity index is 0.00000101. The van der Waals surface area contributed by atoms with Crippen molar-refractivity contribution < 1.29 is 4.74 Å². The molecule has 6 nitrogen and oxygen atoms in total. The number of pyridine rings is 1. The summed E-state index contributed by atoms with van der Waals surface area (Å²) >= 11 is 7.73. The Kier molecular flexibility index (Phi) is 8.81.